The molecule has 1 aliphatic rings. The molecule has 0 amide bonds. The topological polar surface area (TPSA) is 15.3 Å². The molecule has 1 fully saturated rings. The lowest BCUT2D eigenvalue weighted by molar-refractivity contribution is 0.326. The number of hydrogen-bond donors (Lipinski definition) is 1. The maximum atomic E-state index is 3.71. The highest BCUT2D eigenvalue weighted by atomic mass is 15.2. The summed E-state index contributed by atoms with van der Waals surface area (Å²) in [4.78, 5) is 2.46. The van der Waals surface area contributed by atoms with Gasteiger partial charge in [0.05, 0.1) is 0 Å². The molecule has 0 aromatic carbocycles. The Morgan fingerprint density at radius 3 is 2.17 bits per heavy atom. The molecule has 0 aromatic rings. The number of nitrogens with zero attached hydrogens (tertiary/aromatic N) is 1. The van der Waals surface area contributed by atoms with E-state index in [-0.39, 0.29) is 0 Å². The van der Waals surface area contributed by atoms with Crippen molar-refractivity contribution in [2.45, 2.75) is 83.7 Å². The van der Waals surface area contributed by atoms with Crippen LogP contribution in [0.1, 0.15) is 71.6 Å². The van der Waals surface area contributed by atoms with Gasteiger partial charge in [-0.25, -0.2) is 0 Å². The van der Waals surface area contributed by atoms with Gasteiger partial charge in [-0.3, -0.25) is 0 Å². The number of rotatable bonds is 10. The van der Waals surface area contributed by atoms with Gasteiger partial charge in [-0.05, 0) is 33.4 Å². The smallest absolute Gasteiger partial charge is 0.0209 e. The molecular weight excluding hydrogens is 220 g/mol. The highest BCUT2D eigenvalue weighted by molar-refractivity contribution is 4.84. The first-order valence-corrected chi connectivity index (χ1v) is 8.17. The summed E-state index contributed by atoms with van der Waals surface area (Å²) in [7, 11) is 2.24. The van der Waals surface area contributed by atoms with E-state index in [9.17, 15) is 0 Å². The zero-order chi connectivity index (χ0) is 13.2. The Hall–Kier alpha value is -0.0800. The van der Waals surface area contributed by atoms with Crippen LogP contribution >= 0.6 is 0 Å². The quantitative estimate of drug-likeness (QED) is 0.596. The van der Waals surface area contributed by atoms with Crippen LogP contribution in [-0.2, 0) is 0 Å². The lowest BCUT2D eigenvalue weighted by Gasteiger charge is -2.13. The molecule has 2 nitrogen and oxygen atoms in total. The fraction of sp³-hybridized carbons (Fsp3) is 1.00. The third-order valence-electron chi connectivity index (χ3n) is 4.35. The van der Waals surface area contributed by atoms with Crippen molar-refractivity contribution < 1.29 is 0 Å². The van der Waals surface area contributed by atoms with Gasteiger partial charge in [0.1, 0.15) is 0 Å². The first-order chi connectivity index (χ1) is 8.74. The van der Waals surface area contributed by atoms with Gasteiger partial charge < -0.3 is 10.2 Å². The number of likely N-dealkylation sites (tertiary alicyclic amines) is 1. The molecule has 0 aliphatic carbocycles. The lowest BCUT2D eigenvalue weighted by atomic mass is 10.1. The average molecular weight is 254 g/mol. The predicted octanol–water partition coefficient (Wildman–Crippen LogP) is 3.81. The molecule has 0 saturated carbocycles. The summed E-state index contributed by atoms with van der Waals surface area (Å²) in [5.41, 5.74) is 0. The highest BCUT2D eigenvalue weighted by Crippen LogP contribution is 2.15. The second-order valence-electron chi connectivity index (χ2n) is 6.15. The fourth-order valence-corrected chi connectivity index (χ4v) is 2.91. The Labute approximate surface area is 115 Å². The Balaban J connectivity index is 1.82. The van der Waals surface area contributed by atoms with Crippen molar-refractivity contribution in [2.24, 2.45) is 0 Å². The molecule has 0 aromatic heterocycles. The summed E-state index contributed by atoms with van der Waals surface area (Å²) in [6.07, 6.45) is 12.7. The Morgan fingerprint density at radius 2 is 1.61 bits per heavy atom. The van der Waals surface area contributed by atoms with E-state index in [0.717, 1.165) is 12.1 Å². The molecule has 108 valence electrons. The second kappa shape index (κ2) is 9.80. The van der Waals surface area contributed by atoms with Gasteiger partial charge in [0.15, 0.2) is 0 Å². The summed E-state index contributed by atoms with van der Waals surface area (Å²) >= 11 is 0. The molecular formula is C16H34N2. The van der Waals surface area contributed by atoms with E-state index in [2.05, 4.69) is 31.1 Å². The minimum Gasteiger partial charge on any atom is -0.313 e. The van der Waals surface area contributed by atoms with Crippen molar-refractivity contribution in [1.29, 1.82) is 0 Å². The summed E-state index contributed by atoms with van der Waals surface area (Å²) in [6, 6.07) is 1.51. The van der Waals surface area contributed by atoms with E-state index in [4.69, 9.17) is 0 Å². The van der Waals surface area contributed by atoms with Crippen LogP contribution in [0.2, 0.25) is 0 Å². The van der Waals surface area contributed by atoms with Gasteiger partial charge in [-0.15, -0.1) is 0 Å². The molecule has 2 atom stereocenters. The van der Waals surface area contributed by atoms with Crippen LogP contribution in [-0.4, -0.2) is 37.1 Å². The van der Waals surface area contributed by atoms with Crippen molar-refractivity contribution in [3.8, 4) is 0 Å². The van der Waals surface area contributed by atoms with Gasteiger partial charge in [-0.2, -0.15) is 0 Å². The first kappa shape index (κ1) is 16.0. The molecule has 0 spiro atoms. The number of nitrogens with one attached hydrogen (secondary N) is 1. The normalized spacial score (nSPS) is 24.8. The predicted molar refractivity (Wildman–Crippen MR) is 81.1 cm³/mol. The number of hydrogen-bond acceptors (Lipinski definition) is 2. The Kier molecular flexibility index (Phi) is 8.70. The van der Waals surface area contributed by atoms with Crippen molar-refractivity contribution in [3.63, 3.8) is 0 Å². The zero-order valence-corrected chi connectivity index (χ0v) is 12.9. The van der Waals surface area contributed by atoms with Gasteiger partial charge in [-0.1, -0.05) is 51.9 Å². The molecule has 1 heterocycles. The van der Waals surface area contributed by atoms with E-state index in [1.54, 1.807) is 0 Å². The Morgan fingerprint density at radius 1 is 1.00 bits per heavy atom. The third kappa shape index (κ3) is 6.75. The molecule has 1 saturated heterocycles. The minimum absolute atomic E-state index is 0.745. The van der Waals surface area contributed by atoms with Crippen molar-refractivity contribution >= 4 is 0 Å². The maximum Gasteiger partial charge on any atom is 0.0209 e. The van der Waals surface area contributed by atoms with Crippen molar-refractivity contribution in [2.75, 3.05) is 20.1 Å². The van der Waals surface area contributed by atoms with Crippen LogP contribution in [0.15, 0.2) is 0 Å². The van der Waals surface area contributed by atoms with Crippen LogP contribution in [0.3, 0.4) is 0 Å². The maximum absolute atomic E-state index is 3.71. The standard InChI is InChI=1S/C16H34N2/c1-4-5-6-7-8-9-10-11-12-17-16-13-15(2)18(3)14-16/h15-17H,4-14H2,1-3H3. The fourth-order valence-electron chi connectivity index (χ4n) is 2.91. The average Bonchev–Trinajstić information content (AvgIpc) is 2.67. The summed E-state index contributed by atoms with van der Waals surface area (Å²) < 4.78 is 0. The number of likely N-dealkylation sites (N-methyl/N-ethyl adjacent to an activating group) is 1. The van der Waals surface area contributed by atoms with E-state index in [1.807, 2.05) is 0 Å². The summed E-state index contributed by atoms with van der Waals surface area (Å²) in [5, 5.41) is 3.71. The summed E-state index contributed by atoms with van der Waals surface area (Å²) in [5.74, 6) is 0. The first-order valence-electron chi connectivity index (χ1n) is 8.17. The minimum atomic E-state index is 0.745. The molecule has 18 heavy (non-hydrogen) atoms. The lowest BCUT2D eigenvalue weighted by Crippen LogP contribution is -2.32. The van der Waals surface area contributed by atoms with E-state index in [1.165, 1.54) is 70.9 Å². The number of unbranched alkanes of at least 4 members (excludes halogenated alkanes) is 7. The Bertz CT molecular complexity index is 184. The summed E-state index contributed by atoms with van der Waals surface area (Å²) in [6.45, 7) is 7.07. The molecule has 1 N–H and O–H groups in total. The largest absolute Gasteiger partial charge is 0.313 e. The highest BCUT2D eigenvalue weighted by Gasteiger charge is 2.24. The molecule has 1 aliphatic heterocycles. The van der Waals surface area contributed by atoms with Crippen LogP contribution in [0.25, 0.3) is 0 Å². The van der Waals surface area contributed by atoms with Gasteiger partial charge in [0.2, 0.25) is 0 Å². The monoisotopic (exact) mass is 254 g/mol. The third-order valence-corrected chi connectivity index (χ3v) is 4.35. The molecule has 1 rings (SSSR count). The van der Waals surface area contributed by atoms with Crippen LogP contribution in [0, 0.1) is 0 Å². The van der Waals surface area contributed by atoms with Gasteiger partial charge in [0, 0.05) is 18.6 Å². The van der Waals surface area contributed by atoms with Crippen molar-refractivity contribution in [1.82, 2.24) is 10.2 Å². The SMILES string of the molecule is CCCCCCCCCCNC1CC(C)N(C)C1. The van der Waals surface area contributed by atoms with Crippen LogP contribution in [0.5, 0.6) is 0 Å². The van der Waals surface area contributed by atoms with Crippen LogP contribution in [0.4, 0.5) is 0 Å². The molecule has 0 bridgehead atoms. The molecule has 2 unspecified atom stereocenters. The van der Waals surface area contributed by atoms with Gasteiger partial charge >= 0.3 is 0 Å². The molecule has 0 radical (unpaired) electrons. The van der Waals surface area contributed by atoms with E-state index in [0.29, 0.717) is 0 Å². The zero-order valence-electron chi connectivity index (χ0n) is 12.9. The second-order valence-corrected chi connectivity index (χ2v) is 6.15. The van der Waals surface area contributed by atoms with Crippen molar-refractivity contribution in [3.05, 3.63) is 0 Å². The van der Waals surface area contributed by atoms with Gasteiger partial charge in [0.25, 0.3) is 0 Å². The van der Waals surface area contributed by atoms with E-state index >= 15 is 0 Å². The van der Waals surface area contributed by atoms with E-state index < -0.39 is 0 Å². The van der Waals surface area contributed by atoms with Crippen LogP contribution < -0.4 is 5.32 Å². The molecule has 2 heteroatoms.